The highest BCUT2D eigenvalue weighted by atomic mass is 32.1. The Morgan fingerprint density at radius 3 is 2.48 bits per heavy atom. The van der Waals surface area contributed by atoms with Gasteiger partial charge in [-0.15, -0.1) is 11.3 Å². The zero-order valence-corrected chi connectivity index (χ0v) is 15.7. The van der Waals surface area contributed by atoms with Crippen LogP contribution in [0.5, 0.6) is 0 Å². The van der Waals surface area contributed by atoms with Gasteiger partial charge in [-0.05, 0) is 63.1 Å². The third-order valence-corrected chi connectivity index (χ3v) is 7.27. The molecule has 3 aliphatic rings. The van der Waals surface area contributed by atoms with Crippen LogP contribution in [0.4, 0.5) is 0 Å². The van der Waals surface area contributed by atoms with Crippen molar-refractivity contribution in [1.82, 2.24) is 9.80 Å². The molecule has 1 saturated carbocycles. The fraction of sp³-hybridized carbons (Fsp3) is 0.700. The number of piperidine rings is 1. The molecule has 136 valence electrons. The molecule has 0 bridgehead atoms. The predicted octanol–water partition coefficient (Wildman–Crippen LogP) is 3.58. The molecule has 0 spiro atoms. The minimum absolute atomic E-state index is 0.0200. The number of ketones is 1. The minimum Gasteiger partial charge on any atom is -0.340 e. The fourth-order valence-electron chi connectivity index (χ4n) is 5.06. The summed E-state index contributed by atoms with van der Waals surface area (Å²) in [6.45, 7) is 3.57. The van der Waals surface area contributed by atoms with E-state index in [1.54, 1.807) is 0 Å². The van der Waals surface area contributed by atoms with Crippen LogP contribution in [0.2, 0.25) is 0 Å². The van der Waals surface area contributed by atoms with E-state index < -0.39 is 0 Å². The molecule has 1 atom stereocenters. The highest BCUT2D eigenvalue weighted by Crippen LogP contribution is 2.40. The summed E-state index contributed by atoms with van der Waals surface area (Å²) < 4.78 is 0. The molecule has 1 aromatic heterocycles. The van der Waals surface area contributed by atoms with Crippen LogP contribution in [0.3, 0.4) is 0 Å². The summed E-state index contributed by atoms with van der Waals surface area (Å²) in [5.74, 6) is 0.526. The monoisotopic (exact) mass is 360 g/mol. The lowest BCUT2D eigenvalue weighted by Crippen LogP contribution is -2.59. The van der Waals surface area contributed by atoms with Gasteiger partial charge in [-0.3, -0.25) is 14.5 Å². The first kappa shape index (κ1) is 17.2. The van der Waals surface area contributed by atoms with Crippen molar-refractivity contribution in [3.05, 3.63) is 22.4 Å². The smallest absolute Gasteiger partial charge is 0.243 e. The first-order valence-corrected chi connectivity index (χ1v) is 10.7. The van der Waals surface area contributed by atoms with Crippen LogP contribution in [-0.2, 0) is 4.79 Å². The zero-order chi connectivity index (χ0) is 17.3. The first-order valence-electron chi connectivity index (χ1n) is 9.83. The van der Waals surface area contributed by atoms with Gasteiger partial charge in [0.1, 0.15) is 5.54 Å². The van der Waals surface area contributed by atoms with E-state index in [0.717, 1.165) is 63.0 Å². The van der Waals surface area contributed by atoms with E-state index in [0.29, 0.717) is 12.5 Å². The molecule has 4 rings (SSSR count). The molecule has 5 heteroatoms. The number of thiophene rings is 1. The molecule has 1 unspecified atom stereocenters. The van der Waals surface area contributed by atoms with Gasteiger partial charge in [0, 0.05) is 19.0 Å². The lowest BCUT2D eigenvalue weighted by atomic mass is 9.88. The molecule has 2 aliphatic heterocycles. The number of carbonyl (C=O) groups excluding carboxylic acids is 2. The number of rotatable bonds is 4. The van der Waals surface area contributed by atoms with E-state index in [-0.39, 0.29) is 17.2 Å². The zero-order valence-electron chi connectivity index (χ0n) is 14.9. The van der Waals surface area contributed by atoms with E-state index in [1.807, 2.05) is 22.4 Å². The van der Waals surface area contributed by atoms with Crippen molar-refractivity contribution in [2.45, 2.75) is 56.9 Å². The molecule has 3 fully saturated rings. The summed E-state index contributed by atoms with van der Waals surface area (Å²) in [4.78, 5) is 31.6. The average Bonchev–Trinajstić information content (AvgIpc) is 3.42. The summed E-state index contributed by atoms with van der Waals surface area (Å²) in [7, 11) is 0. The topological polar surface area (TPSA) is 40.6 Å². The van der Waals surface area contributed by atoms with Gasteiger partial charge >= 0.3 is 0 Å². The molecular formula is C20H28N2O2S. The highest BCUT2D eigenvalue weighted by molar-refractivity contribution is 7.12. The van der Waals surface area contributed by atoms with Gasteiger partial charge in [0.2, 0.25) is 5.91 Å². The van der Waals surface area contributed by atoms with E-state index in [2.05, 4.69) is 4.90 Å². The van der Waals surface area contributed by atoms with Crippen molar-refractivity contribution < 1.29 is 9.59 Å². The second-order valence-corrected chi connectivity index (χ2v) is 8.81. The number of carbonyl (C=O) groups is 2. The van der Waals surface area contributed by atoms with Crippen molar-refractivity contribution in [2.75, 3.05) is 26.2 Å². The van der Waals surface area contributed by atoms with Crippen LogP contribution in [0, 0.1) is 5.92 Å². The fourth-order valence-corrected chi connectivity index (χ4v) is 5.80. The van der Waals surface area contributed by atoms with Crippen LogP contribution < -0.4 is 0 Å². The number of likely N-dealkylation sites (tertiary alicyclic amines) is 2. The molecule has 0 N–H and O–H groups in total. The Kier molecular flexibility index (Phi) is 4.96. The second kappa shape index (κ2) is 7.20. The number of hydrogen-bond acceptors (Lipinski definition) is 4. The summed E-state index contributed by atoms with van der Waals surface area (Å²) in [6.07, 6.45) is 8.63. The lowest BCUT2D eigenvalue weighted by Gasteiger charge is -2.43. The van der Waals surface area contributed by atoms with Crippen LogP contribution >= 0.6 is 11.3 Å². The van der Waals surface area contributed by atoms with E-state index in [4.69, 9.17) is 0 Å². The van der Waals surface area contributed by atoms with Crippen LogP contribution in [-0.4, -0.2) is 53.2 Å². The maximum absolute atomic E-state index is 13.5. The van der Waals surface area contributed by atoms with Gasteiger partial charge in [-0.2, -0.15) is 0 Å². The summed E-state index contributed by atoms with van der Waals surface area (Å²) >= 11 is 1.52. The Hall–Kier alpha value is -1.20. The summed E-state index contributed by atoms with van der Waals surface area (Å²) in [5.41, 5.74) is -0.260. The molecular weight excluding hydrogens is 332 g/mol. The predicted molar refractivity (Wildman–Crippen MR) is 100.0 cm³/mol. The molecule has 3 heterocycles. The normalized spacial score (nSPS) is 26.9. The second-order valence-electron chi connectivity index (χ2n) is 7.86. The number of hydrogen-bond donors (Lipinski definition) is 0. The summed E-state index contributed by atoms with van der Waals surface area (Å²) in [6, 6.07) is 3.85. The first-order chi connectivity index (χ1) is 12.2. The number of Topliss-reactive ketones (excluding diaryl/α,β-unsaturated/α-hetero) is 1. The largest absolute Gasteiger partial charge is 0.340 e. The molecule has 1 aromatic rings. The Bertz CT molecular complexity index is 616. The Labute approximate surface area is 154 Å². The van der Waals surface area contributed by atoms with Gasteiger partial charge in [-0.1, -0.05) is 18.9 Å². The van der Waals surface area contributed by atoms with E-state index in [1.165, 1.54) is 24.2 Å². The van der Waals surface area contributed by atoms with E-state index in [9.17, 15) is 9.59 Å². The Morgan fingerprint density at radius 2 is 1.80 bits per heavy atom. The SMILES string of the molecule is O=C(c1cccs1)C1CCCN(C(=O)C2(N3CCCC3)CCCC2)C1. The quantitative estimate of drug-likeness (QED) is 0.771. The van der Waals surface area contributed by atoms with Crippen LogP contribution in [0.1, 0.15) is 61.0 Å². The molecule has 0 aromatic carbocycles. The summed E-state index contributed by atoms with van der Waals surface area (Å²) in [5, 5.41) is 1.96. The number of nitrogens with zero attached hydrogens (tertiary/aromatic N) is 2. The van der Waals surface area contributed by atoms with Crippen molar-refractivity contribution in [3.8, 4) is 0 Å². The minimum atomic E-state index is -0.260. The average molecular weight is 361 g/mol. The molecule has 4 nitrogen and oxygen atoms in total. The molecule has 25 heavy (non-hydrogen) atoms. The van der Waals surface area contributed by atoms with E-state index >= 15 is 0 Å². The van der Waals surface area contributed by atoms with Gasteiger partial charge in [0.25, 0.3) is 0 Å². The van der Waals surface area contributed by atoms with Crippen molar-refractivity contribution >= 4 is 23.0 Å². The third kappa shape index (κ3) is 3.17. The van der Waals surface area contributed by atoms with Gasteiger partial charge in [-0.25, -0.2) is 0 Å². The maximum Gasteiger partial charge on any atom is 0.243 e. The van der Waals surface area contributed by atoms with Crippen LogP contribution in [0.25, 0.3) is 0 Å². The van der Waals surface area contributed by atoms with Gasteiger partial charge in [0.15, 0.2) is 5.78 Å². The molecule has 1 amide bonds. The maximum atomic E-state index is 13.5. The van der Waals surface area contributed by atoms with Crippen molar-refractivity contribution in [1.29, 1.82) is 0 Å². The van der Waals surface area contributed by atoms with Gasteiger partial charge < -0.3 is 4.90 Å². The van der Waals surface area contributed by atoms with Crippen LogP contribution in [0.15, 0.2) is 17.5 Å². The van der Waals surface area contributed by atoms with Crippen molar-refractivity contribution in [3.63, 3.8) is 0 Å². The standard InChI is InChI=1S/C20H28N2O2S/c23-18(17-8-6-14-25-17)16-7-5-11-21(15-16)19(24)20(9-1-2-10-20)22-12-3-4-13-22/h6,8,14,16H,1-5,7,9-13,15H2. The number of amides is 1. The Balaban J connectivity index is 1.50. The lowest BCUT2D eigenvalue weighted by molar-refractivity contribution is -0.145. The molecule has 1 aliphatic carbocycles. The molecule has 0 radical (unpaired) electrons. The Morgan fingerprint density at radius 1 is 1.04 bits per heavy atom. The molecule has 2 saturated heterocycles. The third-order valence-electron chi connectivity index (χ3n) is 6.38. The van der Waals surface area contributed by atoms with Crippen molar-refractivity contribution in [2.24, 2.45) is 5.92 Å². The highest BCUT2D eigenvalue weighted by Gasteiger charge is 2.49. The van der Waals surface area contributed by atoms with Gasteiger partial charge in [0.05, 0.1) is 4.88 Å².